The van der Waals surface area contributed by atoms with Gasteiger partial charge >= 0.3 is 0 Å². The highest BCUT2D eigenvalue weighted by Gasteiger charge is 2.27. The molecule has 0 saturated heterocycles. The smallest absolute Gasteiger partial charge is 0.0656 e. The van der Waals surface area contributed by atoms with Gasteiger partial charge in [0.15, 0.2) is 0 Å². The van der Waals surface area contributed by atoms with Gasteiger partial charge in [-0.15, -0.1) is 0 Å². The van der Waals surface area contributed by atoms with Crippen LogP contribution in [0.25, 0.3) is 0 Å². The summed E-state index contributed by atoms with van der Waals surface area (Å²) < 4.78 is 0. The van der Waals surface area contributed by atoms with Gasteiger partial charge in [-0.3, -0.25) is 0 Å². The lowest BCUT2D eigenvalue weighted by Crippen LogP contribution is -2.35. The number of nitrogens with two attached hydrogens (primary N) is 1. The van der Waals surface area contributed by atoms with Crippen molar-refractivity contribution in [3.63, 3.8) is 0 Å². The van der Waals surface area contributed by atoms with Gasteiger partial charge in [0.2, 0.25) is 0 Å². The quantitative estimate of drug-likeness (QED) is 0.776. The second-order valence-corrected chi connectivity index (χ2v) is 6.54. The highest BCUT2D eigenvalue weighted by Crippen LogP contribution is 2.34. The van der Waals surface area contributed by atoms with Crippen LogP contribution in [-0.2, 0) is 0 Å². The number of nitrogens with one attached hydrogen (secondary N) is 1. The van der Waals surface area contributed by atoms with Gasteiger partial charge in [0.1, 0.15) is 0 Å². The van der Waals surface area contributed by atoms with Crippen LogP contribution in [0, 0.1) is 18.8 Å². The molecule has 0 amide bonds. The second-order valence-electron chi connectivity index (χ2n) is 6.13. The zero-order valence-corrected chi connectivity index (χ0v) is 12.9. The van der Waals surface area contributed by atoms with Crippen molar-refractivity contribution in [1.82, 2.24) is 0 Å². The van der Waals surface area contributed by atoms with E-state index < -0.39 is 0 Å². The Hall–Kier alpha value is -0.890. The third kappa shape index (κ3) is 3.36. The summed E-state index contributed by atoms with van der Waals surface area (Å²) in [6.45, 7) is 6.74. The summed E-state index contributed by atoms with van der Waals surface area (Å²) in [6.07, 6.45) is 5.27. The summed E-state index contributed by atoms with van der Waals surface area (Å²) in [7, 11) is 0. The van der Waals surface area contributed by atoms with Crippen molar-refractivity contribution in [3.05, 3.63) is 22.7 Å². The van der Waals surface area contributed by atoms with Crippen LogP contribution in [0.15, 0.2) is 12.1 Å². The van der Waals surface area contributed by atoms with Crippen molar-refractivity contribution in [1.29, 1.82) is 0 Å². The molecule has 2 atom stereocenters. The van der Waals surface area contributed by atoms with Gasteiger partial charge < -0.3 is 11.1 Å². The van der Waals surface area contributed by atoms with Crippen molar-refractivity contribution in [2.24, 2.45) is 11.8 Å². The van der Waals surface area contributed by atoms with Crippen molar-refractivity contribution in [2.45, 2.75) is 52.5 Å². The van der Waals surface area contributed by atoms with Crippen LogP contribution in [0.1, 0.15) is 45.1 Å². The fourth-order valence-corrected chi connectivity index (χ4v) is 3.36. The van der Waals surface area contributed by atoms with Crippen molar-refractivity contribution in [2.75, 3.05) is 11.1 Å². The lowest BCUT2D eigenvalue weighted by atomic mass is 9.77. The van der Waals surface area contributed by atoms with E-state index in [1.54, 1.807) is 0 Å². The molecule has 3 N–H and O–H groups in total. The average Bonchev–Trinajstić information content (AvgIpc) is 2.36. The Kier molecular flexibility index (Phi) is 4.62. The van der Waals surface area contributed by atoms with Crippen molar-refractivity contribution >= 4 is 23.0 Å². The van der Waals surface area contributed by atoms with Gasteiger partial charge in [-0.25, -0.2) is 0 Å². The van der Waals surface area contributed by atoms with E-state index in [1.807, 2.05) is 12.1 Å². The summed E-state index contributed by atoms with van der Waals surface area (Å²) in [5.74, 6) is 1.48. The molecule has 1 aliphatic carbocycles. The number of halogens is 1. The van der Waals surface area contributed by atoms with E-state index in [1.165, 1.54) is 31.2 Å². The lowest BCUT2D eigenvalue weighted by Gasteiger charge is -2.36. The molecule has 1 fully saturated rings. The first-order valence-corrected chi connectivity index (χ1v) is 7.69. The number of anilines is 2. The largest absolute Gasteiger partial charge is 0.398 e. The molecule has 19 heavy (non-hydrogen) atoms. The van der Waals surface area contributed by atoms with Gasteiger partial charge in [-0.1, -0.05) is 38.3 Å². The minimum absolute atomic E-state index is 0.562. The first-order chi connectivity index (χ1) is 8.99. The van der Waals surface area contributed by atoms with E-state index >= 15 is 0 Å². The van der Waals surface area contributed by atoms with Crippen molar-refractivity contribution < 1.29 is 0 Å². The molecule has 106 valence electrons. The molecule has 2 nitrogen and oxygen atoms in total. The lowest BCUT2D eigenvalue weighted by molar-refractivity contribution is 0.254. The van der Waals surface area contributed by atoms with Crippen LogP contribution in [0.4, 0.5) is 11.4 Å². The molecule has 1 saturated carbocycles. The Labute approximate surface area is 121 Å². The van der Waals surface area contributed by atoms with Crippen LogP contribution < -0.4 is 11.1 Å². The van der Waals surface area contributed by atoms with E-state index in [2.05, 4.69) is 26.1 Å². The highest BCUT2D eigenvalue weighted by molar-refractivity contribution is 6.33. The average molecular weight is 281 g/mol. The number of benzene rings is 1. The molecule has 3 heteroatoms. The van der Waals surface area contributed by atoms with E-state index in [4.69, 9.17) is 17.3 Å². The molecule has 0 aliphatic heterocycles. The van der Waals surface area contributed by atoms with Crippen LogP contribution in [0.2, 0.25) is 5.02 Å². The Morgan fingerprint density at radius 1 is 1.26 bits per heavy atom. The van der Waals surface area contributed by atoms with Crippen molar-refractivity contribution in [3.8, 4) is 0 Å². The SMILES string of the molecule is Cc1cc(N)c(Cl)cc1NC1CCCCC1C(C)C. The van der Waals surface area contributed by atoms with Crippen LogP contribution in [-0.4, -0.2) is 6.04 Å². The summed E-state index contributed by atoms with van der Waals surface area (Å²) in [5.41, 5.74) is 8.81. The highest BCUT2D eigenvalue weighted by atomic mass is 35.5. The maximum absolute atomic E-state index is 6.14. The maximum atomic E-state index is 6.14. The molecule has 2 unspecified atom stereocenters. The van der Waals surface area contributed by atoms with Gasteiger partial charge in [0.05, 0.1) is 10.7 Å². The number of hydrogen-bond donors (Lipinski definition) is 2. The third-order valence-electron chi connectivity index (χ3n) is 4.36. The zero-order chi connectivity index (χ0) is 14.0. The fraction of sp³-hybridized carbons (Fsp3) is 0.625. The number of hydrogen-bond acceptors (Lipinski definition) is 2. The number of rotatable bonds is 3. The van der Waals surface area contributed by atoms with Gasteiger partial charge in [-0.05, 0) is 49.3 Å². The molecule has 2 rings (SSSR count). The molecular weight excluding hydrogens is 256 g/mol. The van der Waals surface area contributed by atoms with Crippen LogP contribution in [0.3, 0.4) is 0 Å². The normalized spacial score (nSPS) is 23.6. The Balaban J connectivity index is 2.17. The molecule has 0 heterocycles. The maximum Gasteiger partial charge on any atom is 0.0656 e. The van der Waals surface area contributed by atoms with Gasteiger partial charge in [0, 0.05) is 11.7 Å². The molecule has 0 aromatic heterocycles. The minimum Gasteiger partial charge on any atom is -0.398 e. The summed E-state index contributed by atoms with van der Waals surface area (Å²) >= 11 is 6.14. The Morgan fingerprint density at radius 3 is 2.63 bits per heavy atom. The number of aryl methyl sites for hydroxylation is 1. The summed E-state index contributed by atoms with van der Waals surface area (Å²) in [4.78, 5) is 0. The van der Waals surface area contributed by atoms with Gasteiger partial charge in [0.25, 0.3) is 0 Å². The van der Waals surface area contributed by atoms with Crippen LogP contribution >= 0.6 is 11.6 Å². The molecule has 0 bridgehead atoms. The molecule has 1 aromatic carbocycles. The molecular formula is C16H25ClN2. The van der Waals surface area contributed by atoms with E-state index in [9.17, 15) is 0 Å². The predicted molar refractivity (Wildman–Crippen MR) is 84.8 cm³/mol. The Bertz CT molecular complexity index is 443. The monoisotopic (exact) mass is 280 g/mol. The van der Waals surface area contributed by atoms with E-state index in [0.29, 0.717) is 16.8 Å². The first kappa shape index (κ1) is 14.5. The van der Waals surface area contributed by atoms with E-state index in [0.717, 1.165) is 17.5 Å². The third-order valence-corrected chi connectivity index (χ3v) is 4.69. The molecule has 0 spiro atoms. The predicted octanol–water partition coefficient (Wildman–Crippen LogP) is 4.86. The van der Waals surface area contributed by atoms with Crippen LogP contribution in [0.5, 0.6) is 0 Å². The topological polar surface area (TPSA) is 38.0 Å². The summed E-state index contributed by atoms with van der Waals surface area (Å²) in [6, 6.07) is 4.49. The minimum atomic E-state index is 0.562. The fourth-order valence-electron chi connectivity index (χ4n) is 3.20. The standard InChI is InChI=1S/C16H25ClN2/c1-10(2)12-6-4-5-7-15(12)19-16-9-13(17)14(18)8-11(16)3/h8-10,12,15,19H,4-7,18H2,1-3H3. The molecule has 1 aromatic rings. The number of nitrogen functional groups attached to an aromatic ring is 1. The van der Waals surface area contributed by atoms with E-state index in [-0.39, 0.29) is 0 Å². The molecule has 1 aliphatic rings. The summed E-state index contributed by atoms with van der Waals surface area (Å²) in [5, 5.41) is 4.35. The first-order valence-electron chi connectivity index (χ1n) is 7.31. The zero-order valence-electron chi connectivity index (χ0n) is 12.2. The second kappa shape index (κ2) is 6.04. The van der Waals surface area contributed by atoms with Gasteiger partial charge in [-0.2, -0.15) is 0 Å². The Morgan fingerprint density at radius 2 is 1.95 bits per heavy atom. The molecule has 0 radical (unpaired) electrons.